The summed E-state index contributed by atoms with van der Waals surface area (Å²) < 4.78 is 2.05. The summed E-state index contributed by atoms with van der Waals surface area (Å²) in [5, 5.41) is 6.65. The van der Waals surface area contributed by atoms with Gasteiger partial charge in [0, 0.05) is 6.54 Å². The van der Waals surface area contributed by atoms with Crippen molar-refractivity contribution < 1.29 is 0 Å². The molecule has 1 unspecified atom stereocenters. The predicted molar refractivity (Wildman–Crippen MR) is 73.3 cm³/mol. The van der Waals surface area contributed by atoms with Gasteiger partial charge in [0.25, 0.3) is 0 Å². The van der Waals surface area contributed by atoms with Gasteiger partial charge in [0.2, 0.25) is 0 Å². The number of hydrogen-bond acceptors (Lipinski definition) is 3. The van der Waals surface area contributed by atoms with Crippen LogP contribution in [0.15, 0.2) is 5.10 Å². The molecule has 1 heterocycles. The van der Waals surface area contributed by atoms with Crippen molar-refractivity contribution in [3.05, 3.63) is 0 Å². The maximum absolute atomic E-state index is 4.44. The Kier molecular flexibility index (Phi) is 6.17. The lowest BCUT2D eigenvalue weighted by Gasteiger charge is -2.28. The summed E-state index contributed by atoms with van der Waals surface area (Å²) in [7, 11) is 0. The molecule has 0 aromatic rings. The zero-order valence-electron chi connectivity index (χ0n) is 10.7. The summed E-state index contributed by atoms with van der Waals surface area (Å²) in [5.74, 6) is 0.699. The lowest BCUT2D eigenvalue weighted by Crippen LogP contribution is -2.36. The van der Waals surface area contributed by atoms with Crippen molar-refractivity contribution in [2.75, 3.05) is 6.54 Å². The van der Waals surface area contributed by atoms with Crippen molar-refractivity contribution in [1.29, 1.82) is 0 Å². The topological polar surface area (TPSA) is 18.8 Å². The van der Waals surface area contributed by atoms with Crippen LogP contribution in [0.5, 0.6) is 0 Å². The third-order valence-corrected chi connectivity index (χ3v) is 3.52. The highest BCUT2D eigenvalue weighted by atomic mass is 79.9. The number of nitrogens with zero attached hydrogens (tertiary/aromatic N) is 3. The molecule has 0 N–H and O–H groups in total. The first-order valence-corrected chi connectivity index (χ1v) is 7.11. The fourth-order valence-corrected chi connectivity index (χ4v) is 2.41. The second-order valence-corrected chi connectivity index (χ2v) is 5.73. The molecule has 0 amide bonds. The van der Waals surface area contributed by atoms with Crippen LogP contribution in [0.3, 0.4) is 0 Å². The molecule has 0 saturated heterocycles. The molecular weight excluding hydrogens is 266 g/mol. The van der Waals surface area contributed by atoms with Crippen molar-refractivity contribution in [2.24, 2.45) is 11.0 Å². The van der Waals surface area contributed by atoms with E-state index >= 15 is 0 Å². The highest BCUT2D eigenvalue weighted by Gasteiger charge is 2.26. The first-order valence-electron chi connectivity index (χ1n) is 6.40. The summed E-state index contributed by atoms with van der Waals surface area (Å²) in [6.45, 7) is 7.84. The SMILES string of the molecule is CCCCCCN1N=CN(Br)C1CC(C)C. The normalized spacial score (nSPS) is 20.2. The third kappa shape index (κ3) is 4.32. The smallest absolute Gasteiger partial charge is 0.130 e. The van der Waals surface area contributed by atoms with Crippen LogP contribution in [0.4, 0.5) is 0 Å². The van der Waals surface area contributed by atoms with Crippen LogP contribution in [-0.4, -0.2) is 28.0 Å². The molecule has 0 fully saturated rings. The second-order valence-electron chi connectivity index (χ2n) is 4.91. The van der Waals surface area contributed by atoms with E-state index in [2.05, 4.69) is 47.0 Å². The maximum Gasteiger partial charge on any atom is 0.130 e. The summed E-state index contributed by atoms with van der Waals surface area (Å²) in [6.07, 6.45) is 8.64. The highest BCUT2D eigenvalue weighted by Crippen LogP contribution is 2.23. The number of halogens is 1. The van der Waals surface area contributed by atoms with Gasteiger partial charge in [-0.3, -0.25) is 8.93 Å². The van der Waals surface area contributed by atoms with Gasteiger partial charge in [0.05, 0.1) is 16.1 Å². The van der Waals surface area contributed by atoms with E-state index in [9.17, 15) is 0 Å². The minimum Gasteiger partial charge on any atom is -0.274 e. The largest absolute Gasteiger partial charge is 0.274 e. The summed E-state index contributed by atoms with van der Waals surface area (Å²) in [4.78, 5) is 0. The van der Waals surface area contributed by atoms with Crippen LogP contribution >= 0.6 is 16.1 Å². The molecule has 0 bridgehead atoms. The van der Waals surface area contributed by atoms with Crippen molar-refractivity contribution in [1.82, 2.24) is 8.93 Å². The average Bonchev–Trinajstić information content (AvgIpc) is 2.56. The number of unbranched alkanes of at least 4 members (excludes halogenated alkanes) is 3. The van der Waals surface area contributed by atoms with Crippen LogP contribution in [0.2, 0.25) is 0 Å². The van der Waals surface area contributed by atoms with Gasteiger partial charge >= 0.3 is 0 Å². The fraction of sp³-hybridized carbons (Fsp3) is 0.917. The van der Waals surface area contributed by atoms with E-state index in [1.54, 1.807) is 0 Å². The second kappa shape index (κ2) is 7.15. The lowest BCUT2D eigenvalue weighted by atomic mass is 10.1. The quantitative estimate of drug-likeness (QED) is 0.524. The molecule has 0 saturated carbocycles. The fourth-order valence-electron chi connectivity index (χ4n) is 1.95. The van der Waals surface area contributed by atoms with E-state index in [0.29, 0.717) is 12.1 Å². The molecule has 1 aliphatic heterocycles. The summed E-state index contributed by atoms with van der Waals surface area (Å²) >= 11 is 3.54. The van der Waals surface area contributed by atoms with Gasteiger partial charge in [-0.05, 0) is 18.8 Å². The Balaban J connectivity index is 2.30. The molecule has 0 aromatic carbocycles. The van der Waals surface area contributed by atoms with Crippen LogP contribution in [0, 0.1) is 5.92 Å². The summed E-state index contributed by atoms with van der Waals surface area (Å²) in [6, 6.07) is 0. The van der Waals surface area contributed by atoms with E-state index in [1.807, 2.05) is 10.3 Å². The zero-order chi connectivity index (χ0) is 12.0. The maximum atomic E-state index is 4.44. The monoisotopic (exact) mass is 289 g/mol. The first kappa shape index (κ1) is 13.8. The van der Waals surface area contributed by atoms with E-state index in [4.69, 9.17) is 0 Å². The van der Waals surface area contributed by atoms with Gasteiger partial charge in [-0.25, -0.2) is 0 Å². The standard InChI is InChI=1S/C12H24BrN3/c1-4-5-6-7-8-16-12(9-11(2)3)15(13)10-14-16/h10-12H,4-9H2,1-3H3. The Morgan fingerprint density at radius 2 is 2.06 bits per heavy atom. The van der Waals surface area contributed by atoms with Gasteiger partial charge in [-0.15, -0.1) is 0 Å². The average molecular weight is 290 g/mol. The number of hydrogen-bond donors (Lipinski definition) is 0. The van der Waals surface area contributed by atoms with Crippen LogP contribution < -0.4 is 0 Å². The van der Waals surface area contributed by atoms with Crippen LogP contribution in [0.1, 0.15) is 52.9 Å². The van der Waals surface area contributed by atoms with Crippen molar-refractivity contribution in [3.63, 3.8) is 0 Å². The molecule has 94 valence electrons. The molecule has 0 radical (unpaired) electrons. The third-order valence-electron chi connectivity index (χ3n) is 2.86. The number of hydrazone groups is 1. The van der Waals surface area contributed by atoms with Crippen molar-refractivity contribution >= 4 is 22.5 Å². The van der Waals surface area contributed by atoms with Gasteiger partial charge in [-0.2, -0.15) is 5.10 Å². The zero-order valence-corrected chi connectivity index (χ0v) is 12.3. The Hall–Kier alpha value is -0.250. The van der Waals surface area contributed by atoms with Gasteiger partial charge in [0.15, 0.2) is 0 Å². The molecule has 16 heavy (non-hydrogen) atoms. The molecular formula is C12H24BrN3. The van der Waals surface area contributed by atoms with E-state index in [1.165, 1.54) is 25.7 Å². The van der Waals surface area contributed by atoms with Crippen molar-refractivity contribution in [2.45, 2.75) is 59.0 Å². The minimum absolute atomic E-state index is 0.404. The van der Waals surface area contributed by atoms with Crippen molar-refractivity contribution in [3.8, 4) is 0 Å². The Morgan fingerprint density at radius 1 is 1.31 bits per heavy atom. The molecule has 0 aliphatic carbocycles. The minimum atomic E-state index is 0.404. The number of rotatable bonds is 7. The predicted octanol–water partition coefficient (Wildman–Crippen LogP) is 3.81. The molecule has 1 rings (SSSR count). The molecule has 1 aliphatic rings. The lowest BCUT2D eigenvalue weighted by molar-refractivity contribution is 0.155. The van der Waals surface area contributed by atoms with E-state index in [0.717, 1.165) is 13.0 Å². The Bertz CT molecular complexity index is 218. The van der Waals surface area contributed by atoms with Crippen LogP contribution in [-0.2, 0) is 0 Å². The van der Waals surface area contributed by atoms with Gasteiger partial charge in [-0.1, -0.05) is 40.0 Å². The Labute approximate surface area is 108 Å². The Morgan fingerprint density at radius 3 is 2.69 bits per heavy atom. The molecule has 4 heteroatoms. The molecule has 3 nitrogen and oxygen atoms in total. The first-order chi connectivity index (χ1) is 7.65. The molecule has 1 atom stereocenters. The molecule has 0 aromatic heterocycles. The van der Waals surface area contributed by atoms with E-state index < -0.39 is 0 Å². The van der Waals surface area contributed by atoms with E-state index in [-0.39, 0.29) is 0 Å². The molecule has 0 spiro atoms. The summed E-state index contributed by atoms with van der Waals surface area (Å²) in [5.41, 5.74) is 0. The highest BCUT2D eigenvalue weighted by molar-refractivity contribution is 9.07. The van der Waals surface area contributed by atoms with Gasteiger partial charge in [0.1, 0.15) is 12.5 Å². The van der Waals surface area contributed by atoms with Gasteiger partial charge < -0.3 is 0 Å². The van der Waals surface area contributed by atoms with Crippen LogP contribution in [0.25, 0.3) is 0 Å².